The monoisotopic (exact) mass is 534 g/mol. The fraction of sp³-hybridized carbons (Fsp3) is 0.545. The maximum Gasteiger partial charge on any atom is 0.421 e. The van der Waals surface area contributed by atoms with E-state index in [1.165, 1.54) is 11.1 Å². The van der Waals surface area contributed by atoms with E-state index in [4.69, 9.17) is 4.74 Å². The van der Waals surface area contributed by atoms with E-state index in [9.17, 15) is 35.9 Å². The predicted octanol–water partition coefficient (Wildman–Crippen LogP) is 3.52. The number of aromatic nitrogens is 3. The third-order valence-electron chi connectivity index (χ3n) is 6.37. The third kappa shape index (κ3) is 6.25. The van der Waals surface area contributed by atoms with Gasteiger partial charge < -0.3 is 24.4 Å². The fourth-order valence-electron chi connectivity index (χ4n) is 4.42. The number of piperazine rings is 1. The van der Waals surface area contributed by atoms with Crippen LogP contribution in [0.5, 0.6) is 0 Å². The van der Waals surface area contributed by atoms with Crippen molar-refractivity contribution in [1.29, 1.82) is 0 Å². The molecule has 202 valence electrons. The Balaban J connectivity index is 1.26. The SMILES string of the molecule is O=C(OCC[C@@H]1CCCN1c1c[nH]c(=O)c(C(F)(F)F)c1)N1CCN(c2ncc(C(F)(F)F)cn2)CC1. The number of amides is 1. The first-order valence-electron chi connectivity index (χ1n) is 11.6. The highest BCUT2D eigenvalue weighted by Gasteiger charge is 2.36. The maximum absolute atomic E-state index is 13.1. The van der Waals surface area contributed by atoms with Gasteiger partial charge in [0.15, 0.2) is 0 Å². The molecule has 37 heavy (non-hydrogen) atoms. The molecule has 0 unspecified atom stereocenters. The van der Waals surface area contributed by atoms with Gasteiger partial charge in [-0.25, -0.2) is 14.8 Å². The summed E-state index contributed by atoms with van der Waals surface area (Å²) in [7, 11) is 0. The molecule has 0 radical (unpaired) electrons. The zero-order valence-electron chi connectivity index (χ0n) is 19.5. The summed E-state index contributed by atoms with van der Waals surface area (Å²) in [6.07, 6.45) is -5.33. The second-order valence-corrected chi connectivity index (χ2v) is 8.73. The molecule has 1 N–H and O–H groups in total. The molecule has 0 aliphatic carbocycles. The minimum Gasteiger partial charge on any atom is -0.449 e. The molecular formula is C22H24F6N6O3. The number of alkyl halides is 6. The Morgan fingerprint density at radius 1 is 1.03 bits per heavy atom. The lowest BCUT2D eigenvalue weighted by atomic mass is 10.1. The number of anilines is 2. The van der Waals surface area contributed by atoms with Crippen LogP contribution in [-0.4, -0.2) is 71.3 Å². The molecule has 1 amide bonds. The van der Waals surface area contributed by atoms with Crippen LogP contribution in [0.25, 0.3) is 0 Å². The van der Waals surface area contributed by atoms with Crippen molar-refractivity contribution in [2.45, 2.75) is 37.7 Å². The lowest BCUT2D eigenvalue weighted by Crippen LogP contribution is -2.49. The number of nitrogens with one attached hydrogen (secondary N) is 1. The van der Waals surface area contributed by atoms with E-state index < -0.39 is 35.1 Å². The molecule has 9 nitrogen and oxygen atoms in total. The van der Waals surface area contributed by atoms with E-state index >= 15 is 0 Å². The van der Waals surface area contributed by atoms with Gasteiger partial charge in [-0.2, -0.15) is 26.3 Å². The Kier molecular flexibility index (Phi) is 7.50. The second kappa shape index (κ2) is 10.5. The van der Waals surface area contributed by atoms with Crippen molar-refractivity contribution < 1.29 is 35.9 Å². The first-order valence-corrected chi connectivity index (χ1v) is 11.6. The van der Waals surface area contributed by atoms with Gasteiger partial charge in [0.1, 0.15) is 5.56 Å². The number of pyridine rings is 1. The van der Waals surface area contributed by atoms with Crippen LogP contribution in [-0.2, 0) is 17.1 Å². The normalized spacial score (nSPS) is 18.9. The van der Waals surface area contributed by atoms with E-state index in [-0.39, 0.29) is 37.4 Å². The molecule has 2 aromatic heterocycles. The van der Waals surface area contributed by atoms with Crippen molar-refractivity contribution >= 4 is 17.7 Å². The quantitative estimate of drug-likeness (QED) is 0.587. The number of carbonyl (C=O) groups is 1. The van der Waals surface area contributed by atoms with Crippen molar-refractivity contribution in [3.8, 4) is 0 Å². The van der Waals surface area contributed by atoms with Crippen LogP contribution in [0.3, 0.4) is 0 Å². The topological polar surface area (TPSA) is 94.7 Å². The van der Waals surface area contributed by atoms with Gasteiger partial charge in [-0.3, -0.25) is 4.79 Å². The molecule has 4 rings (SSSR count). The number of carbonyl (C=O) groups excluding carboxylic acids is 1. The Morgan fingerprint density at radius 2 is 1.70 bits per heavy atom. The molecule has 0 spiro atoms. The summed E-state index contributed by atoms with van der Waals surface area (Å²) in [6, 6.07) is 0.677. The molecular weight excluding hydrogens is 510 g/mol. The molecule has 15 heteroatoms. The van der Waals surface area contributed by atoms with Crippen LogP contribution in [0.4, 0.5) is 42.8 Å². The highest BCUT2D eigenvalue weighted by molar-refractivity contribution is 5.68. The fourth-order valence-corrected chi connectivity index (χ4v) is 4.42. The van der Waals surface area contributed by atoms with Gasteiger partial charge in [-0.1, -0.05) is 0 Å². The first-order chi connectivity index (χ1) is 17.4. The summed E-state index contributed by atoms with van der Waals surface area (Å²) in [5.41, 5.74) is -3.16. The molecule has 0 aromatic carbocycles. The molecule has 1 atom stereocenters. The summed E-state index contributed by atoms with van der Waals surface area (Å²) in [6.45, 7) is 1.70. The van der Waals surface area contributed by atoms with E-state index in [0.29, 0.717) is 44.9 Å². The minimum atomic E-state index is -4.77. The van der Waals surface area contributed by atoms with E-state index in [1.807, 2.05) is 0 Å². The van der Waals surface area contributed by atoms with Gasteiger partial charge in [-0.05, 0) is 18.9 Å². The van der Waals surface area contributed by atoms with Crippen molar-refractivity contribution in [2.24, 2.45) is 0 Å². The van der Waals surface area contributed by atoms with E-state index in [1.54, 1.807) is 9.80 Å². The average Bonchev–Trinajstić information content (AvgIpc) is 3.32. The largest absolute Gasteiger partial charge is 0.449 e. The molecule has 2 fully saturated rings. The summed E-state index contributed by atoms with van der Waals surface area (Å²) in [5.74, 6) is 0.137. The third-order valence-corrected chi connectivity index (χ3v) is 6.37. The van der Waals surface area contributed by atoms with Crippen molar-refractivity contribution in [1.82, 2.24) is 19.9 Å². The number of aromatic amines is 1. The van der Waals surface area contributed by atoms with Gasteiger partial charge >= 0.3 is 18.4 Å². The highest BCUT2D eigenvalue weighted by atomic mass is 19.4. The maximum atomic E-state index is 13.1. The van der Waals surface area contributed by atoms with E-state index in [2.05, 4.69) is 15.0 Å². The Bertz CT molecular complexity index is 1150. The van der Waals surface area contributed by atoms with Crippen molar-refractivity contribution in [2.75, 3.05) is 49.1 Å². The van der Waals surface area contributed by atoms with Gasteiger partial charge in [0.2, 0.25) is 5.95 Å². The van der Waals surface area contributed by atoms with Crippen LogP contribution < -0.4 is 15.4 Å². The van der Waals surface area contributed by atoms with Gasteiger partial charge in [0, 0.05) is 63.8 Å². The average molecular weight is 534 g/mol. The molecule has 2 aliphatic heterocycles. The predicted molar refractivity (Wildman–Crippen MR) is 119 cm³/mol. The number of ether oxygens (including phenoxy) is 1. The summed E-state index contributed by atoms with van der Waals surface area (Å²) in [5, 5.41) is 0. The number of hydrogen-bond acceptors (Lipinski definition) is 7. The zero-order chi connectivity index (χ0) is 26.8. The van der Waals surface area contributed by atoms with Gasteiger partial charge in [0.05, 0.1) is 17.9 Å². The van der Waals surface area contributed by atoms with Crippen LogP contribution in [0.2, 0.25) is 0 Å². The lowest BCUT2D eigenvalue weighted by Gasteiger charge is -2.34. The number of rotatable bonds is 5. The first kappa shape index (κ1) is 26.5. The number of halogens is 6. The summed E-state index contributed by atoms with van der Waals surface area (Å²) < 4.78 is 82.7. The van der Waals surface area contributed by atoms with Gasteiger partial charge in [-0.15, -0.1) is 0 Å². The smallest absolute Gasteiger partial charge is 0.421 e. The number of hydrogen-bond donors (Lipinski definition) is 1. The highest BCUT2D eigenvalue weighted by Crippen LogP contribution is 2.32. The van der Waals surface area contributed by atoms with Crippen LogP contribution in [0, 0.1) is 0 Å². The standard InChI is InChI=1S/C22H24F6N6O3/c23-21(24,25)14-11-30-19(31-12-14)32-5-7-33(8-6-32)20(36)37-9-3-15-2-1-4-34(15)16-10-17(22(26,27)28)18(35)29-13-16/h10-13,15H,1-9H2,(H,29,35)/t15-/m0/s1. The zero-order valence-corrected chi connectivity index (χ0v) is 19.5. The number of nitrogens with zero attached hydrogens (tertiary/aromatic N) is 5. The Morgan fingerprint density at radius 3 is 2.32 bits per heavy atom. The Hall–Kier alpha value is -3.52. The molecule has 2 aromatic rings. The molecule has 2 saturated heterocycles. The lowest BCUT2D eigenvalue weighted by molar-refractivity contribution is -0.139. The number of H-pyrrole nitrogens is 1. The van der Waals surface area contributed by atoms with Crippen LogP contribution in [0.15, 0.2) is 29.5 Å². The summed E-state index contributed by atoms with van der Waals surface area (Å²) >= 11 is 0. The van der Waals surface area contributed by atoms with Crippen molar-refractivity contribution in [3.05, 3.63) is 46.1 Å². The Labute approximate surface area is 207 Å². The van der Waals surface area contributed by atoms with Crippen LogP contribution >= 0.6 is 0 Å². The molecule has 0 bridgehead atoms. The minimum absolute atomic E-state index is 0.0533. The van der Waals surface area contributed by atoms with E-state index in [0.717, 1.165) is 12.5 Å². The summed E-state index contributed by atoms with van der Waals surface area (Å²) in [4.78, 5) is 38.6. The van der Waals surface area contributed by atoms with Crippen LogP contribution in [0.1, 0.15) is 30.4 Å². The second-order valence-electron chi connectivity index (χ2n) is 8.73. The van der Waals surface area contributed by atoms with Crippen molar-refractivity contribution in [3.63, 3.8) is 0 Å². The molecule has 2 aliphatic rings. The molecule has 0 saturated carbocycles. The van der Waals surface area contributed by atoms with Gasteiger partial charge in [0.25, 0.3) is 5.56 Å². The molecule has 4 heterocycles.